The number of halogens is 1. The average molecular weight is 414 g/mol. The van der Waals surface area contributed by atoms with E-state index >= 15 is 0 Å². The predicted molar refractivity (Wildman–Crippen MR) is 110 cm³/mol. The monoisotopic (exact) mass is 414 g/mol. The van der Waals surface area contributed by atoms with Gasteiger partial charge in [0, 0.05) is 11.4 Å². The van der Waals surface area contributed by atoms with Crippen LogP contribution in [0.5, 0.6) is 5.75 Å². The third-order valence-corrected chi connectivity index (χ3v) is 4.49. The fourth-order valence-electron chi connectivity index (χ4n) is 2.56. The molecule has 0 unspecified atom stereocenters. The van der Waals surface area contributed by atoms with E-state index in [2.05, 4.69) is 10.0 Å². The number of para-hydroxylation sites is 1. The van der Waals surface area contributed by atoms with E-state index in [9.17, 15) is 17.6 Å². The molecule has 0 heterocycles. The van der Waals surface area contributed by atoms with Gasteiger partial charge in [0.15, 0.2) is 0 Å². The first-order chi connectivity index (χ1) is 13.8. The van der Waals surface area contributed by atoms with Crippen LogP contribution in [-0.4, -0.2) is 20.6 Å². The van der Waals surface area contributed by atoms with Crippen LogP contribution in [0.1, 0.15) is 15.9 Å². The summed E-state index contributed by atoms with van der Waals surface area (Å²) in [6.45, 7) is 0.191. The smallest absolute Gasteiger partial charge is 0.259 e. The minimum atomic E-state index is -3.37. The summed E-state index contributed by atoms with van der Waals surface area (Å²) in [6, 6.07) is 19.0. The molecular formula is C21H19FN2O4S. The van der Waals surface area contributed by atoms with E-state index in [1.165, 1.54) is 12.1 Å². The topological polar surface area (TPSA) is 84.5 Å². The summed E-state index contributed by atoms with van der Waals surface area (Å²) >= 11 is 0. The first-order valence-electron chi connectivity index (χ1n) is 8.66. The average Bonchev–Trinajstić information content (AvgIpc) is 2.68. The maximum absolute atomic E-state index is 13.0. The number of hydrogen-bond donors (Lipinski definition) is 2. The molecule has 0 bridgehead atoms. The quantitative estimate of drug-likeness (QED) is 0.611. The zero-order valence-corrected chi connectivity index (χ0v) is 16.4. The van der Waals surface area contributed by atoms with Crippen LogP contribution in [0.25, 0.3) is 0 Å². The molecule has 3 rings (SSSR count). The van der Waals surface area contributed by atoms with Crippen LogP contribution in [0.3, 0.4) is 0 Å². The molecule has 0 radical (unpaired) electrons. The summed E-state index contributed by atoms with van der Waals surface area (Å²) in [5, 5.41) is 2.75. The number of anilines is 2. The number of carbonyl (C=O) groups excluding carboxylic acids is 1. The lowest BCUT2D eigenvalue weighted by atomic mass is 10.1. The highest BCUT2D eigenvalue weighted by Gasteiger charge is 2.13. The number of carbonyl (C=O) groups is 1. The number of nitrogens with one attached hydrogen (secondary N) is 2. The van der Waals surface area contributed by atoms with Crippen molar-refractivity contribution in [2.45, 2.75) is 6.61 Å². The number of hydrogen-bond acceptors (Lipinski definition) is 4. The van der Waals surface area contributed by atoms with Gasteiger partial charge in [0.2, 0.25) is 10.0 Å². The molecule has 29 heavy (non-hydrogen) atoms. The van der Waals surface area contributed by atoms with Crippen LogP contribution in [0.4, 0.5) is 15.8 Å². The van der Waals surface area contributed by atoms with Gasteiger partial charge in [-0.3, -0.25) is 9.52 Å². The van der Waals surface area contributed by atoms with Crippen LogP contribution >= 0.6 is 0 Å². The second-order valence-corrected chi connectivity index (χ2v) is 8.07. The SMILES string of the molecule is CS(=O)(=O)Nc1ccc(NC(=O)c2ccccc2OCc2ccc(F)cc2)cc1. The van der Waals surface area contributed by atoms with Crippen LogP contribution in [0, 0.1) is 5.82 Å². The Morgan fingerprint density at radius 2 is 1.55 bits per heavy atom. The van der Waals surface area contributed by atoms with E-state index < -0.39 is 10.0 Å². The third-order valence-electron chi connectivity index (χ3n) is 3.89. The van der Waals surface area contributed by atoms with E-state index in [0.29, 0.717) is 22.7 Å². The van der Waals surface area contributed by atoms with Crippen molar-refractivity contribution in [2.24, 2.45) is 0 Å². The first kappa shape index (κ1) is 20.3. The van der Waals surface area contributed by atoms with Crippen molar-refractivity contribution in [3.05, 3.63) is 89.7 Å². The second kappa shape index (κ2) is 8.74. The third kappa shape index (κ3) is 6.05. The highest BCUT2D eigenvalue weighted by Crippen LogP contribution is 2.22. The van der Waals surface area contributed by atoms with E-state index in [0.717, 1.165) is 11.8 Å². The largest absolute Gasteiger partial charge is 0.488 e. The van der Waals surface area contributed by atoms with Gasteiger partial charge in [-0.05, 0) is 54.1 Å². The van der Waals surface area contributed by atoms with Gasteiger partial charge >= 0.3 is 0 Å². The van der Waals surface area contributed by atoms with Gasteiger partial charge in [-0.25, -0.2) is 12.8 Å². The van der Waals surface area contributed by atoms with Crippen molar-refractivity contribution < 1.29 is 22.3 Å². The van der Waals surface area contributed by atoms with E-state index in [1.807, 2.05) is 0 Å². The van der Waals surface area contributed by atoms with Gasteiger partial charge in [-0.2, -0.15) is 0 Å². The molecular weight excluding hydrogens is 395 g/mol. The summed E-state index contributed by atoms with van der Waals surface area (Å²) in [5.41, 5.74) is 2.01. The zero-order valence-electron chi connectivity index (χ0n) is 15.6. The highest BCUT2D eigenvalue weighted by atomic mass is 32.2. The Morgan fingerprint density at radius 1 is 0.931 bits per heavy atom. The Balaban J connectivity index is 1.68. The Labute approximate surface area is 168 Å². The Morgan fingerprint density at radius 3 is 2.21 bits per heavy atom. The summed E-state index contributed by atoms with van der Waals surface area (Å²) in [7, 11) is -3.37. The molecule has 0 atom stereocenters. The minimum Gasteiger partial charge on any atom is -0.488 e. The molecule has 0 fully saturated rings. The van der Waals surface area contributed by atoms with Gasteiger partial charge in [0.25, 0.3) is 5.91 Å². The highest BCUT2D eigenvalue weighted by molar-refractivity contribution is 7.92. The van der Waals surface area contributed by atoms with Gasteiger partial charge in [-0.15, -0.1) is 0 Å². The Bertz CT molecular complexity index is 1100. The van der Waals surface area contributed by atoms with Crippen molar-refractivity contribution in [3.8, 4) is 5.75 Å². The summed E-state index contributed by atoms with van der Waals surface area (Å²) < 4.78 is 43.6. The second-order valence-electron chi connectivity index (χ2n) is 6.32. The van der Waals surface area contributed by atoms with Crippen LogP contribution in [0.15, 0.2) is 72.8 Å². The number of benzene rings is 3. The molecule has 0 saturated carbocycles. The molecule has 0 spiro atoms. The van der Waals surface area contributed by atoms with Crippen molar-refractivity contribution >= 4 is 27.3 Å². The Hall–Kier alpha value is -3.39. The van der Waals surface area contributed by atoms with E-state index in [-0.39, 0.29) is 18.3 Å². The molecule has 0 aromatic heterocycles. The normalized spacial score (nSPS) is 11.0. The summed E-state index contributed by atoms with van der Waals surface area (Å²) in [5.74, 6) is -0.306. The van der Waals surface area contributed by atoms with Gasteiger partial charge in [-0.1, -0.05) is 24.3 Å². The molecule has 1 amide bonds. The number of sulfonamides is 1. The maximum Gasteiger partial charge on any atom is 0.259 e. The molecule has 150 valence electrons. The van der Waals surface area contributed by atoms with Crippen LogP contribution in [-0.2, 0) is 16.6 Å². The lowest BCUT2D eigenvalue weighted by molar-refractivity contribution is 0.102. The first-order valence-corrected chi connectivity index (χ1v) is 10.5. The molecule has 0 aliphatic heterocycles. The molecule has 3 aromatic carbocycles. The minimum absolute atomic E-state index is 0.191. The maximum atomic E-state index is 13.0. The molecule has 0 saturated heterocycles. The molecule has 6 nitrogen and oxygen atoms in total. The Kier molecular flexibility index (Phi) is 6.13. The van der Waals surface area contributed by atoms with Gasteiger partial charge in [0.1, 0.15) is 18.2 Å². The molecule has 8 heteroatoms. The summed E-state index contributed by atoms with van der Waals surface area (Å²) in [4.78, 5) is 12.7. The van der Waals surface area contributed by atoms with E-state index in [4.69, 9.17) is 4.74 Å². The van der Waals surface area contributed by atoms with Crippen molar-refractivity contribution in [1.29, 1.82) is 0 Å². The van der Waals surface area contributed by atoms with Gasteiger partial charge in [0.05, 0.1) is 11.8 Å². The number of amides is 1. The lowest BCUT2D eigenvalue weighted by Crippen LogP contribution is -2.14. The fraction of sp³-hybridized carbons (Fsp3) is 0.0952. The standard InChI is InChI=1S/C21H19FN2O4S/c1-29(26,27)24-18-12-10-17(11-13-18)23-21(25)19-4-2-3-5-20(19)28-14-15-6-8-16(22)9-7-15/h2-13,24H,14H2,1H3,(H,23,25). The van der Waals surface area contributed by atoms with Crippen LogP contribution < -0.4 is 14.8 Å². The van der Waals surface area contributed by atoms with Gasteiger partial charge < -0.3 is 10.1 Å². The van der Waals surface area contributed by atoms with Crippen molar-refractivity contribution in [3.63, 3.8) is 0 Å². The zero-order chi connectivity index (χ0) is 20.9. The lowest BCUT2D eigenvalue weighted by Gasteiger charge is -2.12. The van der Waals surface area contributed by atoms with Crippen LogP contribution in [0.2, 0.25) is 0 Å². The number of rotatable bonds is 7. The molecule has 0 aliphatic rings. The molecule has 2 N–H and O–H groups in total. The number of ether oxygens (including phenoxy) is 1. The van der Waals surface area contributed by atoms with Crippen molar-refractivity contribution in [1.82, 2.24) is 0 Å². The predicted octanol–water partition coefficient (Wildman–Crippen LogP) is 4.03. The summed E-state index contributed by atoms with van der Waals surface area (Å²) in [6.07, 6.45) is 1.06. The molecule has 0 aliphatic carbocycles. The molecule has 3 aromatic rings. The fourth-order valence-corrected chi connectivity index (χ4v) is 3.12. The van der Waals surface area contributed by atoms with Crippen molar-refractivity contribution in [2.75, 3.05) is 16.3 Å². The van der Waals surface area contributed by atoms with E-state index in [1.54, 1.807) is 60.7 Å².